The minimum absolute atomic E-state index is 0.120. The van der Waals surface area contributed by atoms with Crippen molar-refractivity contribution in [2.45, 2.75) is 49.7 Å². The summed E-state index contributed by atoms with van der Waals surface area (Å²) in [5.41, 5.74) is 4.40. The summed E-state index contributed by atoms with van der Waals surface area (Å²) < 4.78 is 21.4. The number of aryl methyl sites for hydroxylation is 1. The van der Waals surface area contributed by atoms with E-state index in [0.717, 1.165) is 40.0 Å². The molecule has 2 aromatic rings. The molecule has 0 aromatic heterocycles. The number of hydrogen-bond acceptors (Lipinski definition) is 6. The Morgan fingerprint density at radius 1 is 1.24 bits per heavy atom. The molecule has 0 spiro atoms. The molecule has 0 radical (unpaired) electrons. The summed E-state index contributed by atoms with van der Waals surface area (Å²) in [5.74, 6) is 0.881. The van der Waals surface area contributed by atoms with Crippen LogP contribution in [0.5, 0.6) is 0 Å². The van der Waals surface area contributed by atoms with Crippen molar-refractivity contribution in [2.24, 2.45) is 0 Å². The van der Waals surface area contributed by atoms with Gasteiger partial charge >= 0.3 is 0 Å². The first-order valence-electron chi connectivity index (χ1n) is 12.6. The number of aromatic nitrogens is 3. The molecule has 3 aliphatic rings. The van der Waals surface area contributed by atoms with E-state index in [4.69, 9.17) is 9.72 Å². The lowest BCUT2D eigenvalue weighted by atomic mass is 10.1. The van der Waals surface area contributed by atoms with Crippen LogP contribution in [-0.2, 0) is 15.3 Å². The van der Waals surface area contributed by atoms with E-state index in [-0.39, 0.29) is 17.8 Å². The summed E-state index contributed by atoms with van der Waals surface area (Å²) in [4.78, 5) is 23.0. The first kappa shape index (κ1) is 26.6. The Morgan fingerprint density at radius 3 is 2.79 bits per heavy atom. The minimum Gasteiger partial charge on any atom is -0.380 e. The SMILES string of the molecule is CCC(C(=O)Nc1cc(NC2CCOC2)ccc1C)n1cc(Br)cc2nc(SCc3ccc(F)cc3)nc1-2. The first-order chi connectivity index (χ1) is 18.4. The second-order valence-corrected chi connectivity index (χ2v) is 11.2. The van der Waals surface area contributed by atoms with Crippen molar-refractivity contribution in [3.8, 4) is 11.5 Å². The number of carbonyl (C=O) groups excluding carboxylic acids is 1. The highest BCUT2D eigenvalue weighted by atomic mass is 79.9. The standard InChI is InChI=1S/C28H29BrFN5O2S/c1-3-25(27(36)32-23-13-21(9-4-17(23)2)31-22-10-11-37-15-22)35-14-19(29)12-24-26(35)34-28(33-24)38-16-18-5-7-20(30)8-6-18/h4-9,12-14,22,25,31H,3,10-11,15-16H2,1-2H3,(H,32,36). The van der Waals surface area contributed by atoms with Crippen LogP contribution in [0.3, 0.4) is 0 Å². The van der Waals surface area contributed by atoms with Gasteiger partial charge in [-0.3, -0.25) is 4.79 Å². The summed E-state index contributed by atoms with van der Waals surface area (Å²) >= 11 is 5.05. The number of nitrogens with one attached hydrogen (secondary N) is 2. The van der Waals surface area contributed by atoms with E-state index in [1.165, 1.54) is 23.9 Å². The van der Waals surface area contributed by atoms with Crippen molar-refractivity contribution >= 4 is 45.0 Å². The molecule has 1 amide bonds. The molecule has 5 rings (SSSR count). The maximum atomic E-state index is 13.6. The van der Waals surface area contributed by atoms with Crippen LogP contribution < -0.4 is 10.6 Å². The molecule has 0 bridgehead atoms. The second kappa shape index (κ2) is 11.8. The zero-order valence-electron chi connectivity index (χ0n) is 21.2. The summed E-state index contributed by atoms with van der Waals surface area (Å²) in [7, 11) is 0. The monoisotopic (exact) mass is 597 g/mol. The fraction of sp³-hybridized carbons (Fsp3) is 0.321. The molecule has 2 unspecified atom stereocenters. The molecule has 198 valence electrons. The number of nitrogens with zero attached hydrogens (tertiary/aromatic N) is 3. The number of fused-ring (bicyclic) bond motifs is 1. The van der Waals surface area contributed by atoms with Gasteiger partial charge in [-0.1, -0.05) is 36.9 Å². The van der Waals surface area contributed by atoms with Gasteiger partial charge in [-0.2, -0.15) is 0 Å². The predicted octanol–water partition coefficient (Wildman–Crippen LogP) is 6.68. The number of pyridine rings is 1. The lowest BCUT2D eigenvalue weighted by molar-refractivity contribution is -0.119. The zero-order valence-corrected chi connectivity index (χ0v) is 23.6. The predicted molar refractivity (Wildman–Crippen MR) is 152 cm³/mol. The molecule has 2 aromatic carbocycles. The molecular weight excluding hydrogens is 569 g/mol. The summed E-state index contributed by atoms with van der Waals surface area (Å²) in [6.07, 6.45) is 3.42. The molecule has 0 saturated carbocycles. The number of ether oxygens (including phenoxy) is 1. The van der Waals surface area contributed by atoms with Gasteiger partial charge in [0.25, 0.3) is 0 Å². The largest absolute Gasteiger partial charge is 0.380 e. The summed E-state index contributed by atoms with van der Waals surface area (Å²) in [5, 5.41) is 7.24. The van der Waals surface area contributed by atoms with E-state index in [1.54, 1.807) is 12.1 Å². The zero-order chi connectivity index (χ0) is 26.6. The minimum atomic E-state index is -0.485. The highest BCUT2D eigenvalue weighted by Crippen LogP contribution is 2.32. The molecule has 1 saturated heterocycles. The number of hydrogen-bond donors (Lipinski definition) is 2. The Bertz CT molecular complexity index is 1390. The van der Waals surface area contributed by atoms with Crippen LogP contribution in [-0.4, -0.2) is 39.7 Å². The third-order valence-corrected chi connectivity index (χ3v) is 7.88. The van der Waals surface area contributed by atoms with Crippen LogP contribution in [0.25, 0.3) is 11.5 Å². The second-order valence-electron chi connectivity index (χ2n) is 9.34. The molecule has 10 heteroatoms. The van der Waals surface area contributed by atoms with Crippen LogP contribution >= 0.6 is 27.7 Å². The van der Waals surface area contributed by atoms with Crippen LogP contribution in [0, 0.1) is 12.7 Å². The average Bonchev–Trinajstić information content (AvgIpc) is 3.56. The van der Waals surface area contributed by atoms with E-state index in [0.29, 0.717) is 35.5 Å². The van der Waals surface area contributed by atoms with Gasteiger partial charge in [0.05, 0.1) is 12.6 Å². The Balaban J connectivity index is 1.35. The van der Waals surface area contributed by atoms with E-state index in [2.05, 4.69) is 31.5 Å². The van der Waals surface area contributed by atoms with Crippen molar-refractivity contribution in [1.29, 1.82) is 0 Å². The number of halogens is 2. The molecule has 3 aliphatic heterocycles. The van der Waals surface area contributed by atoms with Crippen molar-refractivity contribution in [3.63, 3.8) is 0 Å². The number of carbonyl (C=O) groups is 1. The highest BCUT2D eigenvalue weighted by Gasteiger charge is 2.26. The number of anilines is 2. The molecule has 2 N–H and O–H groups in total. The van der Waals surface area contributed by atoms with Crippen molar-refractivity contribution in [2.75, 3.05) is 23.8 Å². The average molecular weight is 599 g/mol. The Kier molecular flexibility index (Phi) is 8.30. The van der Waals surface area contributed by atoms with E-state index >= 15 is 0 Å². The van der Waals surface area contributed by atoms with Gasteiger partial charge in [-0.15, -0.1) is 0 Å². The van der Waals surface area contributed by atoms with E-state index in [9.17, 15) is 9.18 Å². The van der Waals surface area contributed by atoms with Gasteiger partial charge in [0, 0.05) is 34.4 Å². The first-order valence-corrected chi connectivity index (χ1v) is 14.4. The van der Waals surface area contributed by atoms with Crippen molar-refractivity contribution in [1.82, 2.24) is 14.5 Å². The van der Waals surface area contributed by atoms with Gasteiger partial charge in [-0.25, -0.2) is 14.4 Å². The fourth-order valence-electron chi connectivity index (χ4n) is 4.46. The third kappa shape index (κ3) is 6.19. The molecule has 1 fully saturated rings. The molecule has 2 atom stereocenters. The van der Waals surface area contributed by atoms with Crippen LogP contribution in [0.2, 0.25) is 0 Å². The summed E-state index contributed by atoms with van der Waals surface area (Å²) in [6.45, 7) is 5.42. The highest BCUT2D eigenvalue weighted by molar-refractivity contribution is 9.10. The van der Waals surface area contributed by atoms with Crippen LogP contribution in [0.4, 0.5) is 15.8 Å². The summed E-state index contributed by atoms with van der Waals surface area (Å²) in [6, 6.07) is 14.1. The number of amides is 1. The van der Waals surface area contributed by atoms with Gasteiger partial charge in [0.15, 0.2) is 11.0 Å². The smallest absolute Gasteiger partial charge is 0.247 e. The molecule has 38 heavy (non-hydrogen) atoms. The molecule has 7 nitrogen and oxygen atoms in total. The Morgan fingerprint density at radius 2 is 2.05 bits per heavy atom. The third-order valence-electron chi connectivity index (χ3n) is 6.53. The van der Waals surface area contributed by atoms with Crippen LogP contribution in [0.1, 0.15) is 36.9 Å². The van der Waals surface area contributed by atoms with E-state index in [1.807, 2.05) is 48.9 Å². The van der Waals surface area contributed by atoms with Crippen molar-refractivity contribution in [3.05, 3.63) is 76.1 Å². The Labute approximate surface area is 234 Å². The molecule has 0 aliphatic carbocycles. The maximum absolute atomic E-state index is 13.6. The number of rotatable bonds is 9. The number of imidazole rings is 1. The Hall–Kier alpha value is -2.95. The fourth-order valence-corrected chi connectivity index (χ4v) is 5.70. The molecular formula is C28H29BrFN5O2S. The van der Waals surface area contributed by atoms with Gasteiger partial charge in [0.1, 0.15) is 17.6 Å². The normalized spacial score (nSPS) is 16.1. The number of benzene rings is 2. The maximum Gasteiger partial charge on any atom is 0.247 e. The van der Waals surface area contributed by atoms with Gasteiger partial charge < -0.3 is 19.9 Å². The van der Waals surface area contributed by atoms with E-state index < -0.39 is 6.04 Å². The lowest BCUT2D eigenvalue weighted by Crippen LogP contribution is -2.27. The lowest BCUT2D eigenvalue weighted by Gasteiger charge is -2.22. The van der Waals surface area contributed by atoms with Gasteiger partial charge in [0.2, 0.25) is 5.91 Å². The van der Waals surface area contributed by atoms with Crippen molar-refractivity contribution < 1.29 is 13.9 Å². The van der Waals surface area contributed by atoms with Gasteiger partial charge in [-0.05, 0) is 77.2 Å². The van der Waals surface area contributed by atoms with Crippen LogP contribution in [0.15, 0.2) is 64.4 Å². The quantitative estimate of drug-likeness (QED) is 0.210. The topological polar surface area (TPSA) is 81.1 Å². The number of thioether (sulfide) groups is 1. The molecule has 3 heterocycles.